The Kier molecular flexibility index (Phi) is 6.06. The Morgan fingerprint density at radius 3 is 2.55 bits per heavy atom. The molecule has 2 N–H and O–H groups in total. The molecule has 3 aromatic heterocycles. The van der Waals surface area contributed by atoms with Gasteiger partial charge < -0.3 is 5.11 Å². The third kappa shape index (κ3) is 3.83. The number of β-amino-alcohol motifs (C(OH)–C–C–N with tert-alkyl or cyclic N) is 1. The number of aliphatic hydroxyl groups excluding tert-OH is 1. The number of carbonyl (C=O) groups excluding carboxylic acids is 1. The predicted molar refractivity (Wildman–Crippen MR) is 125 cm³/mol. The van der Waals surface area contributed by atoms with Crippen LogP contribution in [0.3, 0.4) is 0 Å². The lowest BCUT2D eigenvalue weighted by molar-refractivity contribution is -0.0779. The normalized spacial score (nSPS) is 17.5. The van der Waals surface area contributed by atoms with Crippen molar-refractivity contribution in [1.29, 1.82) is 0 Å². The average molecular weight is 476 g/mol. The van der Waals surface area contributed by atoms with Crippen molar-refractivity contribution in [2.75, 3.05) is 13.2 Å². The molecule has 3 aromatic rings. The number of thiophene rings is 1. The maximum Gasteiger partial charge on any atom is 0.331 e. The van der Waals surface area contributed by atoms with Crippen LogP contribution < -0.4 is 11.2 Å². The van der Waals surface area contributed by atoms with Gasteiger partial charge in [-0.1, -0.05) is 20.8 Å². The second-order valence-corrected chi connectivity index (χ2v) is 10.1. The molecule has 1 aliphatic heterocycles. The molecule has 33 heavy (non-hydrogen) atoms. The minimum Gasteiger partial charge on any atom is -0.389 e. The number of amides is 1. The van der Waals surface area contributed by atoms with Crippen molar-refractivity contribution >= 4 is 27.5 Å². The predicted octanol–water partition coefficient (Wildman–Crippen LogP) is 1.66. The second kappa shape index (κ2) is 8.54. The Morgan fingerprint density at radius 2 is 2.00 bits per heavy atom. The molecule has 0 aliphatic carbocycles. The lowest BCUT2D eigenvalue weighted by Crippen LogP contribution is -2.39. The second-order valence-electron chi connectivity index (χ2n) is 9.06. The Labute approximate surface area is 194 Å². The van der Waals surface area contributed by atoms with E-state index in [4.69, 9.17) is 4.84 Å². The zero-order valence-electron chi connectivity index (χ0n) is 19.6. The maximum absolute atomic E-state index is 13.7. The molecule has 1 amide bonds. The summed E-state index contributed by atoms with van der Waals surface area (Å²) in [5.74, 6) is -0.605. The van der Waals surface area contributed by atoms with Gasteiger partial charge in [0.25, 0.3) is 11.5 Å². The fourth-order valence-corrected chi connectivity index (χ4v) is 5.81. The number of fused-ring (bicyclic) bond motifs is 1. The highest BCUT2D eigenvalue weighted by Crippen LogP contribution is 2.40. The summed E-state index contributed by atoms with van der Waals surface area (Å²) in [5, 5.41) is 18.5. The summed E-state index contributed by atoms with van der Waals surface area (Å²) in [6.07, 6.45) is -0.792. The van der Waals surface area contributed by atoms with E-state index in [1.54, 1.807) is 4.57 Å². The molecule has 11 heteroatoms. The largest absolute Gasteiger partial charge is 0.389 e. The van der Waals surface area contributed by atoms with Gasteiger partial charge in [0.15, 0.2) is 0 Å². The lowest BCUT2D eigenvalue weighted by Gasteiger charge is -2.17. The van der Waals surface area contributed by atoms with Crippen LogP contribution in [0.5, 0.6) is 0 Å². The van der Waals surface area contributed by atoms with Gasteiger partial charge >= 0.3 is 5.69 Å². The molecule has 178 valence electrons. The number of aryl methyl sites for hydroxylation is 2. The number of aliphatic hydroxyl groups is 1. The molecule has 0 radical (unpaired) electrons. The van der Waals surface area contributed by atoms with Gasteiger partial charge in [-0.15, -0.1) is 11.3 Å². The molecule has 4 heterocycles. The number of rotatable bonds is 5. The van der Waals surface area contributed by atoms with Crippen molar-refractivity contribution < 1.29 is 14.7 Å². The summed E-state index contributed by atoms with van der Waals surface area (Å²) in [5.41, 5.74) is 1.90. The number of hydrogen-bond acceptors (Lipinski definition) is 7. The van der Waals surface area contributed by atoms with E-state index in [0.29, 0.717) is 16.3 Å². The number of hydrogen-bond donors (Lipinski definition) is 2. The third-order valence-corrected chi connectivity index (χ3v) is 7.39. The average Bonchev–Trinajstić information content (AvgIpc) is 3.45. The van der Waals surface area contributed by atoms with Crippen LogP contribution in [0.4, 0.5) is 0 Å². The zero-order valence-corrected chi connectivity index (χ0v) is 20.4. The van der Waals surface area contributed by atoms with E-state index in [1.165, 1.54) is 18.4 Å². The van der Waals surface area contributed by atoms with E-state index in [0.717, 1.165) is 26.6 Å². The summed E-state index contributed by atoms with van der Waals surface area (Å²) in [6, 6.07) is 0. The standard InChI is InChI=1S/C22H29N5O5S/c1-10(2)7-26-21-17(19(29)25(6)22(26)31)16(20(30)27-8-14(28)9-32-27)18(33-21)11(3)15-12(4)23-24-13(15)5/h10-11,14,28H,7-9H2,1-6H3,(H,23,24)/t11-,14?/m0/s1. The van der Waals surface area contributed by atoms with Crippen molar-refractivity contribution in [1.82, 2.24) is 24.4 Å². The van der Waals surface area contributed by atoms with Gasteiger partial charge in [-0.2, -0.15) is 5.10 Å². The van der Waals surface area contributed by atoms with Crippen LogP contribution in [0, 0.1) is 19.8 Å². The van der Waals surface area contributed by atoms with Crippen LogP contribution in [0.15, 0.2) is 9.59 Å². The van der Waals surface area contributed by atoms with Crippen molar-refractivity contribution in [3.63, 3.8) is 0 Å². The Hall–Kier alpha value is -2.76. The van der Waals surface area contributed by atoms with E-state index in [2.05, 4.69) is 10.2 Å². The number of carbonyl (C=O) groups is 1. The van der Waals surface area contributed by atoms with Crippen molar-refractivity contribution in [2.24, 2.45) is 13.0 Å². The zero-order chi connectivity index (χ0) is 24.2. The molecule has 4 rings (SSSR count). The smallest absolute Gasteiger partial charge is 0.331 e. The van der Waals surface area contributed by atoms with Gasteiger partial charge in [0.05, 0.1) is 23.2 Å². The van der Waals surface area contributed by atoms with E-state index in [1.807, 2.05) is 34.6 Å². The highest BCUT2D eigenvalue weighted by atomic mass is 32.1. The highest BCUT2D eigenvalue weighted by Gasteiger charge is 2.35. The molecule has 2 atom stereocenters. The van der Waals surface area contributed by atoms with Crippen molar-refractivity contribution in [3.05, 3.63) is 48.2 Å². The van der Waals surface area contributed by atoms with Crippen molar-refractivity contribution in [3.8, 4) is 0 Å². The Bertz CT molecular complexity index is 1330. The van der Waals surface area contributed by atoms with Crippen LogP contribution in [-0.2, 0) is 18.4 Å². The lowest BCUT2D eigenvalue weighted by atomic mass is 9.94. The summed E-state index contributed by atoms with van der Waals surface area (Å²) >= 11 is 1.28. The first-order chi connectivity index (χ1) is 15.5. The number of aromatic nitrogens is 4. The molecule has 0 aromatic carbocycles. The minimum absolute atomic E-state index is 0.00864. The van der Waals surface area contributed by atoms with E-state index >= 15 is 0 Å². The van der Waals surface area contributed by atoms with Crippen LogP contribution in [0.2, 0.25) is 0 Å². The first kappa shape index (κ1) is 23.4. The molecule has 0 saturated carbocycles. The number of hydroxylamine groups is 2. The molecule has 1 aliphatic rings. The van der Waals surface area contributed by atoms with Gasteiger partial charge in [-0.3, -0.25) is 28.7 Å². The van der Waals surface area contributed by atoms with Crippen LogP contribution >= 0.6 is 11.3 Å². The van der Waals surface area contributed by atoms with Gasteiger partial charge in [0, 0.05) is 35.6 Å². The summed E-state index contributed by atoms with van der Waals surface area (Å²) < 4.78 is 2.63. The molecule has 0 spiro atoms. The molecule has 1 fully saturated rings. The number of nitrogens with zero attached hydrogens (tertiary/aromatic N) is 4. The number of H-pyrrole nitrogens is 1. The third-order valence-electron chi connectivity index (χ3n) is 6.00. The topological polar surface area (TPSA) is 122 Å². The summed E-state index contributed by atoms with van der Waals surface area (Å²) in [6.45, 7) is 10.2. The Morgan fingerprint density at radius 1 is 1.30 bits per heavy atom. The van der Waals surface area contributed by atoms with E-state index in [-0.39, 0.29) is 35.9 Å². The molecular weight excluding hydrogens is 446 g/mol. The minimum atomic E-state index is -0.792. The van der Waals surface area contributed by atoms with Crippen LogP contribution in [-0.4, -0.2) is 54.7 Å². The first-order valence-electron chi connectivity index (χ1n) is 10.9. The number of nitrogens with one attached hydrogen (secondary N) is 1. The van der Waals surface area contributed by atoms with Gasteiger partial charge in [0.2, 0.25) is 0 Å². The summed E-state index contributed by atoms with van der Waals surface area (Å²) in [4.78, 5) is 46.5. The fourth-order valence-electron chi connectivity index (χ4n) is 4.46. The quantitative estimate of drug-likeness (QED) is 0.579. The van der Waals surface area contributed by atoms with Gasteiger partial charge in [-0.25, -0.2) is 9.86 Å². The SMILES string of the molecule is Cc1n[nH]c(C)c1[C@H](C)c1sc2c(c1C(=O)N1CC(O)CO1)c(=O)n(C)c(=O)n2CC(C)C. The highest BCUT2D eigenvalue weighted by molar-refractivity contribution is 7.19. The fraction of sp³-hybridized carbons (Fsp3) is 0.545. The van der Waals surface area contributed by atoms with Crippen molar-refractivity contribution in [2.45, 2.75) is 53.2 Å². The van der Waals surface area contributed by atoms with Crippen LogP contribution in [0.1, 0.15) is 58.9 Å². The molecule has 1 unspecified atom stereocenters. The monoisotopic (exact) mass is 475 g/mol. The first-order valence-corrected chi connectivity index (χ1v) is 11.7. The van der Waals surface area contributed by atoms with Gasteiger partial charge in [-0.05, 0) is 19.8 Å². The summed E-state index contributed by atoms with van der Waals surface area (Å²) in [7, 11) is 1.43. The van der Waals surface area contributed by atoms with E-state index in [9.17, 15) is 19.5 Å². The molecular formula is C22H29N5O5S. The Balaban J connectivity index is 2.06. The number of aromatic amines is 1. The van der Waals surface area contributed by atoms with Crippen LogP contribution in [0.25, 0.3) is 10.2 Å². The molecule has 1 saturated heterocycles. The molecule has 10 nitrogen and oxygen atoms in total. The van der Waals surface area contributed by atoms with E-state index < -0.39 is 23.3 Å². The molecule has 0 bridgehead atoms. The maximum atomic E-state index is 13.7. The van der Waals surface area contributed by atoms with Gasteiger partial charge in [0.1, 0.15) is 17.5 Å².